The minimum Gasteiger partial charge on any atom is -0.381 e. The third-order valence-electron chi connectivity index (χ3n) is 4.47. The molecular weight excluding hydrogens is 262 g/mol. The number of aryl methyl sites for hydroxylation is 1. The summed E-state index contributed by atoms with van der Waals surface area (Å²) in [6.07, 6.45) is 4.69. The number of ether oxygens (including phenoxy) is 1. The van der Waals surface area contributed by atoms with Crippen molar-refractivity contribution >= 4 is 5.91 Å². The lowest BCUT2D eigenvalue weighted by molar-refractivity contribution is -0.142. The summed E-state index contributed by atoms with van der Waals surface area (Å²) in [6, 6.07) is 10.4. The van der Waals surface area contributed by atoms with Crippen LogP contribution in [0.4, 0.5) is 0 Å². The number of methoxy groups -OCH3 is 1. The SMILES string of the molecule is COC1CCN(C(=O)CCCc2ccccc2)C(C)(C)C1. The van der Waals surface area contributed by atoms with Crippen molar-refractivity contribution < 1.29 is 9.53 Å². The summed E-state index contributed by atoms with van der Waals surface area (Å²) < 4.78 is 5.46. The number of hydrogen-bond donors (Lipinski definition) is 0. The van der Waals surface area contributed by atoms with Crippen molar-refractivity contribution in [3.63, 3.8) is 0 Å². The quantitative estimate of drug-likeness (QED) is 0.831. The minimum absolute atomic E-state index is 0.0945. The van der Waals surface area contributed by atoms with Gasteiger partial charge in [0.15, 0.2) is 0 Å². The number of amides is 1. The number of hydrogen-bond acceptors (Lipinski definition) is 2. The van der Waals surface area contributed by atoms with E-state index in [4.69, 9.17) is 4.74 Å². The second-order valence-electron chi connectivity index (χ2n) is 6.55. The van der Waals surface area contributed by atoms with E-state index in [0.29, 0.717) is 6.42 Å². The molecule has 1 aromatic rings. The molecule has 1 amide bonds. The second-order valence-corrected chi connectivity index (χ2v) is 6.55. The van der Waals surface area contributed by atoms with E-state index >= 15 is 0 Å². The molecule has 1 fully saturated rings. The molecule has 0 bridgehead atoms. The van der Waals surface area contributed by atoms with Crippen molar-refractivity contribution in [1.82, 2.24) is 4.90 Å². The van der Waals surface area contributed by atoms with Gasteiger partial charge in [-0.05, 0) is 45.1 Å². The van der Waals surface area contributed by atoms with Crippen LogP contribution in [-0.4, -0.2) is 36.1 Å². The molecule has 0 radical (unpaired) electrons. The highest BCUT2D eigenvalue weighted by Crippen LogP contribution is 2.29. The van der Waals surface area contributed by atoms with E-state index in [0.717, 1.165) is 32.2 Å². The van der Waals surface area contributed by atoms with Crippen molar-refractivity contribution in [2.24, 2.45) is 0 Å². The zero-order valence-electron chi connectivity index (χ0n) is 13.5. The summed E-state index contributed by atoms with van der Waals surface area (Å²) in [6.45, 7) is 5.11. The van der Waals surface area contributed by atoms with Gasteiger partial charge in [-0.2, -0.15) is 0 Å². The molecule has 0 spiro atoms. The highest BCUT2D eigenvalue weighted by Gasteiger charge is 2.37. The molecule has 0 N–H and O–H groups in total. The molecule has 1 heterocycles. The lowest BCUT2D eigenvalue weighted by Crippen LogP contribution is -2.54. The number of piperidine rings is 1. The summed E-state index contributed by atoms with van der Waals surface area (Å²) in [5.41, 5.74) is 1.21. The van der Waals surface area contributed by atoms with E-state index in [1.54, 1.807) is 7.11 Å². The fourth-order valence-corrected chi connectivity index (χ4v) is 3.23. The van der Waals surface area contributed by atoms with Crippen LogP contribution in [0, 0.1) is 0 Å². The average molecular weight is 289 g/mol. The van der Waals surface area contributed by atoms with Crippen LogP contribution in [-0.2, 0) is 16.0 Å². The van der Waals surface area contributed by atoms with Crippen LogP contribution in [0.3, 0.4) is 0 Å². The predicted octanol–water partition coefficient (Wildman–Crippen LogP) is 3.43. The van der Waals surface area contributed by atoms with Gasteiger partial charge in [0.1, 0.15) is 0 Å². The van der Waals surface area contributed by atoms with Gasteiger partial charge in [-0.15, -0.1) is 0 Å². The third kappa shape index (κ3) is 4.31. The van der Waals surface area contributed by atoms with E-state index in [-0.39, 0.29) is 17.6 Å². The molecule has 1 aliphatic heterocycles. The Labute approximate surface area is 128 Å². The molecule has 3 nitrogen and oxygen atoms in total. The molecule has 1 atom stereocenters. The van der Waals surface area contributed by atoms with E-state index in [9.17, 15) is 4.79 Å². The molecule has 1 aliphatic rings. The number of benzene rings is 1. The molecule has 116 valence electrons. The Hall–Kier alpha value is -1.35. The molecule has 1 saturated heterocycles. The molecule has 21 heavy (non-hydrogen) atoms. The van der Waals surface area contributed by atoms with Crippen molar-refractivity contribution in [3.05, 3.63) is 35.9 Å². The van der Waals surface area contributed by atoms with Crippen LogP contribution < -0.4 is 0 Å². The number of rotatable bonds is 5. The molecule has 0 aliphatic carbocycles. The van der Waals surface area contributed by atoms with Crippen molar-refractivity contribution in [3.8, 4) is 0 Å². The zero-order chi connectivity index (χ0) is 15.3. The summed E-state index contributed by atoms with van der Waals surface area (Å²) in [5.74, 6) is 0.283. The predicted molar refractivity (Wildman–Crippen MR) is 85.2 cm³/mol. The molecule has 1 unspecified atom stereocenters. The average Bonchev–Trinajstić information content (AvgIpc) is 2.47. The largest absolute Gasteiger partial charge is 0.381 e. The maximum Gasteiger partial charge on any atom is 0.223 e. The first-order valence-electron chi connectivity index (χ1n) is 7.90. The molecular formula is C18H27NO2. The van der Waals surface area contributed by atoms with Crippen LogP contribution in [0.5, 0.6) is 0 Å². The number of likely N-dealkylation sites (tertiary alicyclic amines) is 1. The van der Waals surface area contributed by atoms with Gasteiger partial charge in [-0.1, -0.05) is 30.3 Å². The van der Waals surface area contributed by atoms with Crippen LogP contribution in [0.15, 0.2) is 30.3 Å². The van der Waals surface area contributed by atoms with Crippen molar-refractivity contribution in [1.29, 1.82) is 0 Å². The molecule has 3 heteroatoms. The fraction of sp³-hybridized carbons (Fsp3) is 0.611. The van der Waals surface area contributed by atoms with Gasteiger partial charge in [0.2, 0.25) is 5.91 Å². The Bertz CT molecular complexity index is 456. The van der Waals surface area contributed by atoms with Crippen LogP contribution in [0.2, 0.25) is 0 Å². The number of carbonyl (C=O) groups excluding carboxylic acids is 1. The summed E-state index contributed by atoms with van der Waals surface area (Å²) in [4.78, 5) is 14.5. The molecule has 0 saturated carbocycles. The van der Waals surface area contributed by atoms with E-state index in [1.165, 1.54) is 5.56 Å². The highest BCUT2D eigenvalue weighted by atomic mass is 16.5. The Morgan fingerprint density at radius 1 is 1.33 bits per heavy atom. The summed E-state index contributed by atoms with van der Waals surface area (Å²) in [5, 5.41) is 0. The zero-order valence-corrected chi connectivity index (χ0v) is 13.5. The van der Waals surface area contributed by atoms with Crippen LogP contribution in [0.1, 0.15) is 45.1 Å². The topological polar surface area (TPSA) is 29.5 Å². The molecule has 2 rings (SSSR count). The summed E-state index contributed by atoms with van der Waals surface area (Å²) in [7, 11) is 1.76. The first kappa shape index (κ1) is 16.0. The number of carbonyl (C=O) groups is 1. The lowest BCUT2D eigenvalue weighted by Gasteiger charge is -2.45. The highest BCUT2D eigenvalue weighted by molar-refractivity contribution is 5.77. The molecule has 1 aromatic carbocycles. The first-order valence-corrected chi connectivity index (χ1v) is 7.90. The van der Waals surface area contributed by atoms with Gasteiger partial charge >= 0.3 is 0 Å². The first-order chi connectivity index (χ1) is 10.0. The van der Waals surface area contributed by atoms with Gasteiger partial charge < -0.3 is 9.64 Å². The van der Waals surface area contributed by atoms with Crippen molar-refractivity contribution in [2.45, 2.75) is 57.6 Å². The smallest absolute Gasteiger partial charge is 0.223 e. The van der Waals surface area contributed by atoms with Crippen molar-refractivity contribution in [2.75, 3.05) is 13.7 Å². The van der Waals surface area contributed by atoms with Gasteiger partial charge in [0, 0.05) is 25.6 Å². The minimum atomic E-state index is -0.0945. The maximum absolute atomic E-state index is 12.5. The van der Waals surface area contributed by atoms with Crippen LogP contribution in [0.25, 0.3) is 0 Å². The van der Waals surface area contributed by atoms with Gasteiger partial charge in [0.05, 0.1) is 6.10 Å². The standard InChI is InChI=1S/C18H27NO2/c1-18(2)14-16(21-3)12-13-19(18)17(20)11-7-10-15-8-5-4-6-9-15/h4-6,8-9,16H,7,10-14H2,1-3H3. The Morgan fingerprint density at radius 3 is 2.67 bits per heavy atom. The Morgan fingerprint density at radius 2 is 2.05 bits per heavy atom. The third-order valence-corrected chi connectivity index (χ3v) is 4.47. The Balaban J connectivity index is 1.83. The normalized spacial score (nSPS) is 21.3. The second kappa shape index (κ2) is 7.08. The Kier molecular flexibility index (Phi) is 5.40. The van der Waals surface area contributed by atoms with E-state index in [1.807, 2.05) is 11.0 Å². The summed E-state index contributed by atoms with van der Waals surface area (Å²) >= 11 is 0. The maximum atomic E-state index is 12.5. The molecule has 0 aromatic heterocycles. The van der Waals surface area contributed by atoms with Gasteiger partial charge in [0.25, 0.3) is 0 Å². The van der Waals surface area contributed by atoms with E-state index < -0.39 is 0 Å². The lowest BCUT2D eigenvalue weighted by atomic mass is 9.88. The van der Waals surface area contributed by atoms with Crippen LogP contribution >= 0.6 is 0 Å². The van der Waals surface area contributed by atoms with Gasteiger partial charge in [-0.3, -0.25) is 4.79 Å². The van der Waals surface area contributed by atoms with Gasteiger partial charge in [-0.25, -0.2) is 0 Å². The number of nitrogens with zero attached hydrogens (tertiary/aromatic N) is 1. The fourth-order valence-electron chi connectivity index (χ4n) is 3.23. The monoisotopic (exact) mass is 289 g/mol. The van der Waals surface area contributed by atoms with E-state index in [2.05, 4.69) is 38.1 Å².